The summed E-state index contributed by atoms with van der Waals surface area (Å²) in [5.41, 5.74) is 3.41. The van der Waals surface area contributed by atoms with Crippen LogP contribution in [0, 0.1) is 0 Å². The van der Waals surface area contributed by atoms with Crippen molar-refractivity contribution in [3.05, 3.63) is 56.5 Å². The number of benzene rings is 2. The van der Waals surface area contributed by atoms with Crippen molar-refractivity contribution in [1.82, 2.24) is 0 Å². The van der Waals surface area contributed by atoms with Gasteiger partial charge in [0.25, 0.3) is 0 Å². The number of carbonyl (C=O) groups excluding carboxylic acids is 2. The SMILES string of the molecule is CC(C)(c1ccc(NC=O)c(Br)c1)c1ccc(NC=O)c(Br)c1. The first-order valence-electron chi connectivity index (χ1n) is 6.90. The molecule has 4 nitrogen and oxygen atoms in total. The Kier molecular flexibility index (Phi) is 5.59. The maximum atomic E-state index is 10.6. The van der Waals surface area contributed by atoms with Crippen molar-refractivity contribution >= 4 is 56.1 Å². The van der Waals surface area contributed by atoms with Crippen LogP contribution in [-0.2, 0) is 15.0 Å². The second-order valence-electron chi connectivity index (χ2n) is 5.54. The Morgan fingerprint density at radius 3 is 1.52 bits per heavy atom. The summed E-state index contributed by atoms with van der Waals surface area (Å²) in [5.74, 6) is 0. The molecule has 0 aliphatic heterocycles. The van der Waals surface area contributed by atoms with Crippen molar-refractivity contribution in [1.29, 1.82) is 0 Å². The van der Waals surface area contributed by atoms with E-state index < -0.39 is 0 Å². The Bertz CT molecular complexity index is 684. The lowest BCUT2D eigenvalue weighted by molar-refractivity contribution is -0.106. The summed E-state index contributed by atoms with van der Waals surface area (Å²) < 4.78 is 1.65. The van der Waals surface area contributed by atoms with Crippen LogP contribution in [0.1, 0.15) is 25.0 Å². The maximum absolute atomic E-state index is 10.6. The molecule has 0 bridgehead atoms. The molecule has 0 aromatic heterocycles. The van der Waals surface area contributed by atoms with Crippen LogP contribution in [0.5, 0.6) is 0 Å². The van der Waals surface area contributed by atoms with Gasteiger partial charge in [-0.25, -0.2) is 0 Å². The molecule has 0 atom stereocenters. The highest BCUT2D eigenvalue weighted by atomic mass is 79.9. The van der Waals surface area contributed by atoms with Crippen LogP contribution in [0.15, 0.2) is 45.3 Å². The lowest BCUT2D eigenvalue weighted by atomic mass is 9.78. The third kappa shape index (κ3) is 3.82. The molecule has 23 heavy (non-hydrogen) atoms. The molecule has 0 saturated heterocycles. The van der Waals surface area contributed by atoms with E-state index in [4.69, 9.17) is 0 Å². The zero-order valence-corrected chi connectivity index (χ0v) is 15.9. The van der Waals surface area contributed by atoms with Gasteiger partial charge in [0.2, 0.25) is 12.8 Å². The van der Waals surface area contributed by atoms with E-state index in [9.17, 15) is 9.59 Å². The van der Waals surface area contributed by atoms with Gasteiger partial charge in [-0.2, -0.15) is 0 Å². The minimum atomic E-state index is -0.246. The second kappa shape index (κ2) is 7.27. The molecule has 2 N–H and O–H groups in total. The molecule has 0 fully saturated rings. The van der Waals surface area contributed by atoms with Crippen molar-refractivity contribution in [3.8, 4) is 0 Å². The second-order valence-corrected chi connectivity index (χ2v) is 7.25. The van der Waals surface area contributed by atoms with Gasteiger partial charge >= 0.3 is 0 Å². The zero-order valence-electron chi connectivity index (χ0n) is 12.7. The predicted octanol–water partition coefficient (Wildman–Crippen LogP) is 4.67. The molecular weight excluding hydrogens is 424 g/mol. The van der Waals surface area contributed by atoms with Crippen LogP contribution in [-0.4, -0.2) is 12.8 Å². The highest BCUT2D eigenvalue weighted by molar-refractivity contribution is 9.11. The largest absolute Gasteiger partial charge is 0.328 e. The number of rotatable bonds is 6. The minimum Gasteiger partial charge on any atom is -0.328 e. The molecule has 2 rings (SSSR count). The van der Waals surface area contributed by atoms with Crippen molar-refractivity contribution in [2.75, 3.05) is 10.6 Å². The minimum absolute atomic E-state index is 0.246. The number of carbonyl (C=O) groups is 2. The number of hydrogen-bond acceptors (Lipinski definition) is 2. The van der Waals surface area contributed by atoms with E-state index >= 15 is 0 Å². The molecule has 0 unspecified atom stereocenters. The number of hydrogen-bond donors (Lipinski definition) is 2. The molecule has 0 saturated carbocycles. The monoisotopic (exact) mass is 438 g/mol. The molecule has 0 spiro atoms. The summed E-state index contributed by atoms with van der Waals surface area (Å²) in [7, 11) is 0. The third-order valence-corrected chi connectivity index (χ3v) is 5.12. The Morgan fingerprint density at radius 1 is 0.826 bits per heavy atom. The van der Waals surface area contributed by atoms with Crippen molar-refractivity contribution in [3.63, 3.8) is 0 Å². The summed E-state index contributed by atoms with van der Waals surface area (Å²) in [5, 5.41) is 5.30. The van der Waals surface area contributed by atoms with Gasteiger partial charge in [-0.1, -0.05) is 26.0 Å². The fourth-order valence-corrected chi connectivity index (χ4v) is 3.32. The molecule has 2 aromatic rings. The van der Waals surface area contributed by atoms with Gasteiger partial charge in [0.1, 0.15) is 0 Å². The quantitative estimate of drug-likeness (QED) is 0.642. The summed E-state index contributed by atoms with van der Waals surface area (Å²) in [6, 6.07) is 11.7. The molecule has 120 valence electrons. The fraction of sp³-hybridized carbons (Fsp3) is 0.176. The van der Waals surface area contributed by atoms with Crippen molar-refractivity contribution in [2.45, 2.75) is 19.3 Å². The van der Waals surface area contributed by atoms with E-state index in [1.807, 2.05) is 36.4 Å². The smallest absolute Gasteiger partial charge is 0.211 e. The lowest BCUT2D eigenvalue weighted by Gasteiger charge is -2.27. The molecule has 0 radical (unpaired) electrons. The number of halogens is 2. The first kappa shape index (κ1) is 17.7. The Morgan fingerprint density at radius 2 is 1.22 bits per heavy atom. The van der Waals surface area contributed by atoms with E-state index in [1.165, 1.54) is 0 Å². The van der Waals surface area contributed by atoms with Gasteiger partial charge in [0.05, 0.1) is 11.4 Å². The Hall–Kier alpha value is -1.66. The summed E-state index contributed by atoms with van der Waals surface area (Å²) >= 11 is 6.96. The lowest BCUT2D eigenvalue weighted by Crippen LogP contribution is -2.19. The molecule has 0 heterocycles. The highest BCUT2D eigenvalue weighted by Crippen LogP contribution is 2.37. The molecule has 0 aliphatic carbocycles. The van der Waals surface area contributed by atoms with E-state index in [2.05, 4.69) is 56.3 Å². The van der Waals surface area contributed by atoms with Gasteiger partial charge in [0.15, 0.2) is 0 Å². The van der Waals surface area contributed by atoms with E-state index in [1.54, 1.807) is 0 Å². The van der Waals surface area contributed by atoms with Crippen LogP contribution < -0.4 is 10.6 Å². The van der Waals surface area contributed by atoms with E-state index in [0.717, 1.165) is 31.4 Å². The number of nitrogens with one attached hydrogen (secondary N) is 2. The van der Waals surface area contributed by atoms with Crippen LogP contribution in [0.4, 0.5) is 11.4 Å². The summed E-state index contributed by atoms with van der Waals surface area (Å²) in [6.07, 6.45) is 1.31. The predicted molar refractivity (Wildman–Crippen MR) is 99.8 cm³/mol. The van der Waals surface area contributed by atoms with E-state index in [0.29, 0.717) is 12.8 Å². The van der Waals surface area contributed by atoms with Gasteiger partial charge < -0.3 is 10.6 Å². The topological polar surface area (TPSA) is 58.2 Å². The average Bonchev–Trinajstić information content (AvgIpc) is 2.51. The number of amides is 2. The highest BCUT2D eigenvalue weighted by Gasteiger charge is 2.24. The average molecular weight is 440 g/mol. The fourth-order valence-electron chi connectivity index (χ4n) is 2.34. The van der Waals surface area contributed by atoms with Gasteiger partial charge in [-0.3, -0.25) is 9.59 Å². The third-order valence-electron chi connectivity index (χ3n) is 3.81. The Labute approximate surface area is 151 Å². The first-order chi connectivity index (χ1) is 10.9. The summed E-state index contributed by atoms with van der Waals surface area (Å²) in [6.45, 7) is 4.24. The molecular formula is C17H16Br2N2O2. The van der Waals surface area contributed by atoms with Crippen LogP contribution in [0.3, 0.4) is 0 Å². The normalized spacial score (nSPS) is 11.0. The molecule has 0 aliphatic rings. The van der Waals surface area contributed by atoms with Crippen molar-refractivity contribution < 1.29 is 9.59 Å². The maximum Gasteiger partial charge on any atom is 0.211 e. The first-order valence-corrected chi connectivity index (χ1v) is 8.49. The molecule has 2 amide bonds. The van der Waals surface area contributed by atoms with Crippen LogP contribution >= 0.6 is 31.9 Å². The summed E-state index contributed by atoms with van der Waals surface area (Å²) in [4.78, 5) is 21.2. The standard InChI is InChI=1S/C17H16Br2N2O2/c1-17(2,11-3-5-15(20-9-22)13(18)7-11)12-4-6-16(21-10-23)14(19)8-12/h3-10H,1-2H3,(H,20,22)(H,21,23). The number of anilines is 2. The van der Waals surface area contributed by atoms with Crippen molar-refractivity contribution in [2.24, 2.45) is 0 Å². The molecule has 6 heteroatoms. The van der Waals surface area contributed by atoms with E-state index in [-0.39, 0.29) is 5.41 Å². The van der Waals surface area contributed by atoms with Crippen LogP contribution in [0.2, 0.25) is 0 Å². The Balaban J connectivity index is 2.41. The van der Waals surface area contributed by atoms with Gasteiger partial charge in [-0.15, -0.1) is 0 Å². The zero-order chi connectivity index (χ0) is 17.0. The van der Waals surface area contributed by atoms with Crippen LogP contribution in [0.25, 0.3) is 0 Å². The molecule has 2 aromatic carbocycles. The van der Waals surface area contributed by atoms with Gasteiger partial charge in [0, 0.05) is 14.4 Å². The van der Waals surface area contributed by atoms with Gasteiger partial charge in [-0.05, 0) is 67.3 Å².